The summed E-state index contributed by atoms with van der Waals surface area (Å²) in [6.45, 7) is -1.29. The normalized spacial score (nSPS) is 18.7. The van der Waals surface area contributed by atoms with Crippen LogP contribution in [0.3, 0.4) is 0 Å². The van der Waals surface area contributed by atoms with Gasteiger partial charge in [0.05, 0.1) is 19.1 Å². The maximum absolute atomic E-state index is 12.5. The number of amides is 2. The number of ether oxygens (including phenoxy) is 1. The van der Waals surface area contributed by atoms with Gasteiger partial charge in [-0.1, -0.05) is 18.2 Å². The maximum atomic E-state index is 12.5. The van der Waals surface area contributed by atoms with Crippen LogP contribution in [0.5, 0.6) is 5.75 Å². The molecule has 1 aromatic carbocycles. The van der Waals surface area contributed by atoms with E-state index in [4.69, 9.17) is 4.74 Å². The van der Waals surface area contributed by atoms with Gasteiger partial charge in [-0.25, -0.2) is 0 Å². The number of methoxy groups -OCH3 is 1. The van der Waals surface area contributed by atoms with Gasteiger partial charge in [-0.3, -0.25) is 9.59 Å². The number of hydrogen-bond acceptors (Lipinski definition) is 4. The molecule has 0 spiro atoms. The molecule has 6 nitrogen and oxygen atoms in total. The second kappa shape index (κ2) is 8.60. The number of rotatable bonds is 7. The lowest BCUT2D eigenvalue weighted by Gasteiger charge is -2.27. The van der Waals surface area contributed by atoms with Crippen LogP contribution in [0.2, 0.25) is 0 Å². The molecule has 2 atom stereocenters. The van der Waals surface area contributed by atoms with E-state index in [0.29, 0.717) is 10.6 Å². The Kier molecular flexibility index (Phi) is 6.69. The van der Waals surface area contributed by atoms with Gasteiger partial charge in [0, 0.05) is 25.1 Å². The third-order valence-corrected chi connectivity index (χ3v) is 4.55. The minimum atomic E-state index is -4.47. The molecule has 1 saturated heterocycles. The fraction of sp³-hybridized carbons (Fsp3) is 0.556. The van der Waals surface area contributed by atoms with Crippen LogP contribution in [-0.2, 0) is 9.59 Å². The summed E-state index contributed by atoms with van der Waals surface area (Å²) in [6.07, 6.45) is -4.68. The van der Waals surface area contributed by atoms with Gasteiger partial charge in [0.25, 0.3) is 0 Å². The fourth-order valence-electron chi connectivity index (χ4n) is 3.17. The van der Waals surface area contributed by atoms with Crippen molar-refractivity contribution in [1.82, 2.24) is 15.1 Å². The van der Waals surface area contributed by atoms with Crippen molar-refractivity contribution >= 4 is 11.8 Å². The Morgan fingerprint density at radius 1 is 1.37 bits per heavy atom. The van der Waals surface area contributed by atoms with E-state index in [9.17, 15) is 22.8 Å². The molecule has 0 bridgehead atoms. The van der Waals surface area contributed by atoms with E-state index in [0.717, 1.165) is 5.56 Å². The van der Waals surface area contributed by atoms with E-state index < -0.39 is 30.5 Å². The van der Waals surface area contributed by atoms with Crippen molar-refractivity contribution in [1.29, 1.82) is 0 Å². The summed E-state index contributed by atoms with van der Waals surface area (Å²) in [7, 11) is 5.27. The minimum Gasteiger partial charge on any atom is -0.496 e. The first kappa shape index (κ1) is 21.0. The van der Waals surface area contributed by atoms with E-state index in [1.165, 1.54) is 0 Å². The van der Waals surface area contributed by atoms with Crippen molar-refractivity contribution in [3.05, 3.63) is 29.8 Å². The standard InChI is InChI=1S/C18H24F3N3O3/c1-23(2)14(13-6-4-5-7-15(13)27-3)9-22-17(26)12-8-16(25)24(10-12)11-18(19,20)21/h4-7,12,14H,8-11H2,1-3H3,(H,22,26). The Hall–Kier alpha value is -2.29. The summed E-state index contributed by atoms with van der Waals surface area (Å²) in [5.74, 6) is -1.17. The van der Waals surface area contributed by atoms with Crippen LogP contribution in [-0.4, -0.2) is 68.6 Å². The summed E-state index contributed by atoms with van der Waals surface area (Å²) in [6, 6.07) is 7.22. The van der Waals surface area contributed by atoms with Crippen LogP contribution in [0, 0.1) is 5.92 Å². The molecule has 1 aliphatic rings. The number of para-hydroxylation sites is 1. The number of likely N-dealkylation sites (N-methyl/N-ethyl adjacent to an activating group) is 1. The molecule has 2 unspecified atom stereocenters. The summed E-state index contributed by atoms with van der Waals surface area (Å²) >= 11 is 0. The lowest BCUT2D eigenvalue weighted by molar-refractivity contribution is -0.157. The summed E-state index contributed by atoms with van der Waals surface area (Å²) in [4.78, 5) is 26.7. The van der Waals surface area contributed by atoms with Gasteiger partial charge in [0.1, 0.15) is 12.3 Å². The molecule has 0 saturated carbocycles. The Bertz CT molecular complexity index is 679. The molecule has 27 heavy (non-hydrogen) atoms. The molecule has 1 aromatic rings. The van der Waals surface area contributed by atoms with Crippen LogP contribution in [0.1, 0.15) is 18.0 Å². The van der Waals surface area contributed by atoms with Crippen molar-refractivity contribution in [2.24, 2.45) is 5.92 Å². The van der Waals surface area contributed by atoms with Crippen LogP contribution >= 0.6 is 0 Å². The van der Waals surface area contributed by atoms with Crippen molar-refractivity contribution in [2.75, 3.05) is 40.8 Å². The summed E-state index contributed by atoms with van der Waals surface area (Å²) in [5, 5.41) is 2.76. The van der Waals surface area contributed by atoms with E-state index in [-0.39, 0.29) is 25.6 Å². The molecule has 1 fully saturated rings. The van der Waals surface area contributed by atoms with E-state index >= 15 is 0 Å². The largest absolute Gasteiger partial charge is 0.496 e. The minimum absolute atomic E-state index is 0.187. The number of likely N-dealkylation sites (tertiary alicyclic amines) is 1. The van der Waals surface area contributed by atoms with Crippen molar-refractivity contribution in [3.8, 4) is 5.75 Å². The Balaban J connectivity index is 2.00. The van der Waals surface area contributed by atoms with Gasteiger partial charge in [0.15, 0.2) is 0 Å². The van der Waals surface area contributed by atoms with E-state index in [1.54, 1.807) is 7.11 Å². The highest BCUT2D eigenvalue weighted by Gasteiger charge is 2.40. The zero-order chi connectivity index (χ0) is 20.2. The molecule has 2 rings (SSSR count). The molecule has 1 heterocycles. The third-order valence-electron chi connectivity index (χ3n) is 4.55. The molecular formula is C18H24F3N3O3. The highest BCUT2D eigenvalue weighted by Crippen LogP contribution is 2.28. The number of nitrogens with one attached hydrogen (secondary N) is 1. The first-order chi connectivity index (χ1) is 12.6. The lowest BCUT2D eigenvalue weighted by Crippen LogP contribution is -2.39. The molecule has 0 aromatic heterocycles. The first-order valence-electron chi connectivity index (χ1n) is 8.54. The monoisotopic (exact) mass is 387 g/mol. The second-order valence-corrected chi connectivity index (χ2v) is 6.76. The van der Waals surface area contributed by atoms with Crippen LogP contribution < -0.4 is 10.1 Å². The average Bonchev–Trinajstić information content (AvgIpc) is 2.94. The van der Waals surface area contributed by atoms with Crippen LogP contribution in [0.4, 0.5) is 13.2 Å². The molecule has 9 heteroatoms. The highest BCUT2D eigenvalue weighted by atomic mass is 19.4. The Morgan fingerprint density at radius 2 is 2.04 bits per heavy atom. The highest BCUT2D eigenvalue weighted by molar-refractivity contribution is 5.89. The number of benzene rings is 1. The molecule has 150 valence electrons. The average molecular weight is 387 g/mol. The predicted molar refractivity (Wildman–Crippen MR) is 93.2 cm³/mol. The van der Waals surface area contributed by atoms with Gasteiger partial charge in [0.2, 0.25) is 11.8 Å². The lowest BCUT2D eigenvalue weighted by atomic mass is 10.0. The SMILES string of the molecule is COc1ccccc1C(CNC(=O)C1CC(=O)N(CC(F)(F)F)C1)N(C)C. The summed E-state index contributed by atoms with van der Waals surface area (Å²) in [5.41, 5.74) is 0.881. The zero-order valence-corrected chi connectivity index (χ0v) is 15.5. The van der Waals surface area contributed by atoms with Gasteiger partial charge < -0.3 is 19.9 Å². The number of halogens is 3. The van der Waals surface area contributed by atoms with Crippen molar-refractivity contribution in [2.45, 2.75) is 18.6 Å². The molecule has 1 aliphatic heterocycles. The van der Waals surface area contributed by atoms with Crippen molar-refractivity contribution < 1.29 is 27.5 Å². The van der Waals surface area contributed by atoms with Gasteiger partial charge in [-0.2, -0.15) is 13.2 Å². The number of nitrogens with zero attached hydrogens (tertiary/aromatic N) is 2. The van der Waals surface area contributed by atoms with Crippen LogP contribution in [0.25, 0.3) is 0 Å². The predicted octanol–water partition coefficient (Wildman–Crippen LogP) is 1.82. The molecule has 0 radical (unpaired) electrons. The number of hydrogen-bond donors (Lipinski definition) is 1. The fourth-order valence-corrected chi connectivity index (χ4v) is 3.17. The Labute approximate surface area is 156 Å². The van der Waals surface area contributed by atoms with Gasteiger partial charge >= 0.3 is 6.18 Å². The van der Waals surface area contributed by atoms with Gasteiger partial charge in [-0.15, -0.1) is 0 Å². The smallest absolute Gasteiger partial charge is 0.406 e. The molecule has 2 amide bonds. The van der Waals surface area contributed by atoms with Crippen molar-refractivity contribution in [3.63, 3.8) is 0 Å². The molecule has 0 aliphatic carbocycles. The van der Waals surface area contributed by atoms with E-state index in [1.807, 2.05) is 43.3 Å². The number of carbonyl (C=O) groups excluding carboxylic acids is 2. The summed E-state index contributed by atoms with van der Waals surface area (Å²) < 4.78 is 42.9. The quantitative estimate of drug-likeness (QED) is 0.776. The maximum Gasteiger partial charge on any atom is 0.406 e. The first-order valence-corrected chi connectivity index (χ1v) is 8.54. The number of carbonyl (C=O) groups is 2. The molecular weight excluding hydrogens is 363 g/mol. The zero-order valence-electron chi connectivity index (χ0n) is 15.5. The third kappa shape index (κ3) is 5.59. The topological polar surface area (TPSA) is 61.9 Å². The van der Waals surface area contributed by atoms with Gasteiger partial charge in [-0.05, 0) is 20.2 Å². The van der Waals surface area contributed by atoms with Crippen LogP contribution in [0.15, 0.2) is 24.3 Å². The second-order valence-electron chi connectivity index (χ2n) is 6.76. The van der Waals surface area contributed by atoms with E-state index in [2.05, 4.69) is 5.32 Å². The Morgan fingerprint density at radius 3 is 2.63 bits per heavy atom. The molecule has 1 N–H and O–H groups in total. The number of alkyl halides is 3.